The lowest BCUT2D eigenvalue weighted by atomic mass is 10.2. The molecule has 0 radical (unpaired) electrons. The number of nitrogens with one attached hydrogen (secondary N) is 1. The van der Waals surface area contributed by atoms with Gasteiger partial charge in [-0.1, -0.05) is 0 Å². The molecule has 2 aromatic carbocycles. The largest absolute Gasteiger partial charge is 0.506 e. The lowest BCUT2D eigenvalue weighted by Gasteiger charge is -2.02. The SMILES string of the molecule is O=C(NN=Cc1cc(Br)c(O)c(Br)c1)c1ccc(F)cc1. The molecule has 0 heterocycles. The number of carbonyl (C=O) groups excluding carboxylic acids is 1. The fraction of sp³-hybridized carbons (Fsp3) is 0. The summed E-state index contributed by atoms with van der Waals surface area (Å²) in [5.41, 5.74) is 3.31. The first kappa shape index (κ1) is 15.7. The molecule has 2 N–H and O–H groups in total. The number of amides is 1. The van der Waals surface area contributed by atoms with Crippen LogP contribution in [0.1, 0.15) is 15.9 Å². The molecule has 0 fully saturated rings. The summed E-state index contributed by atoms with van der Waals surface area (Å²) in [6.07, 6.45) is 1.43. The van der Waals surface area contributed by atoms with Gasteiger partial charge in [-0.25, -0.2) is 9.82 Å². The van der Waals surface area contributed by atoms with Crippen molar-refractivity contribution in [2.45, 2.75) is 0 Å². The molecule has 108 valence electrons. The molecule has 0 unspecified atom stereocenters. The van der Waals surface area contributed by atoms with Crippen molar-refractivity contribution in [3.8, 4) is 5.75 Å². The Labute approximate surface area is 136 Å². The van der Waals surface area contributed by atoms with E-state index in [4.69, 9.17) is 0 Å². The van der Waals surface area contributed by atoms with Gasteiger partial charge in [0.15, 0.2) is 0 Å². The van der Waals surface area contributed by atoms with Crippen LogP contribution in [0.3, 0.4) is 0 Å². The monoisotopic (exact) mass is 414 g/mol. The maximum atomic E-state index is 12.7. The number of rotatable bonds is 3. The minimum Gasteiger partial charge on any atom is -0.506 e. The molecule has 2 aromatic rings. The summed E-state index contributed by atoms with van der Waals surface area (Å²) < 4.78 is 13.7. The minimum atomic E-state index is -0.442. The Balaban J connectivity index is 2.05. The smallest absolute Gasteiger partial charge is 0.271 e. The summed E-state index contributed by atoms with van der Waals surface area (Å²) in [6, 6.07) is 8.43. The summed E-state index contributed by atoms with van der Waals surface area (Å²) >= 11 is 6.39. The second kappa shape index (κ2) is 6.82. The van der Waals surface area contributed by atoms with Gasteiger partial charge in [0, 0.05) is 5.56 Å². The predicted molar refractivity (Wildman–Crippen MR) is 85.0 cm³/mol. The molecule has 0 aliphatic rings. The van der Waals surface area contributed by atoms with Gasteiger partial charge >= 0.3 is 0 Å². The molecule has 21 heavy (non-hydrogen) atoms. The zero-order valence-electron chi connectivity index (χ0n) is 10.5. The van der Waals surface area contributed by atoms with Gasteiger partial charge in [-0.15, -0.1) is 0 Å². The van der Waals surface area contributed by atoms with Crippen LogP contribution in [0.25, 0.3) is 0 Å². The Hall–Kier alpha value is -1.73. The average Bonchev–Trinajstić information content (AvgIpc) is 2.45. The number of nitrogens with zero attached hydrogens (tertiary/aromatic N) is 1. The van der Waals surface area contributed by atoms with Crippen molar-refractivity contribution < 1.29 is 14.3 Å². The van der Waals surface area contributed by atoms with Gasteiger partial charge < -0.3 is 5.11 Å². The first-order chi connectivity index (χ1) is 9.97. The van der Waals surface area contributed by atoms with Crippen LogP contribution >= 0.6 is 31.9 Å². The average molecular weight is 416 g/mol. The van der Waals surface area contributed by atoms with Crippen molar-refractivity contribution in [2.75, 3.05) is 0 Å². The summed E-state index contributed by atoms with van der Waals surface area (Å²) in [6.45, 7) is 0. The predicted octanol–water partition coefficient (Wildman–Crippen LogP) is 3.82. The zero-order valence-corrected chi connectivity index (χ0v) is 13.7. The van der Waals surface area contributed by atoms with Crippen LogP contribution in [-0.2, 0) is 0 Å². The lowest BCUT2D eigenvalue weighted by Crippen LogP contribution is -2.17. The van der Waals surface area contributed by atoms with E-state index in [0.717, 1.165) is 0 Å². The third-order valence-electron chi connectivity index (χ3n) is 2.53. The lowest BCUT2D eigenvalue weighted by molar-refractivity contribution is 0.0955. The summed E-state index contributed by atoms with van der Waals surface area (Å²) in [5, 5.41) is 13.4. The Morgan fingerprint density at radius 2 is 1.76 bits per heavy atom. The van der Waals surface area contributed by atoms with Gasteiger partial charge in [-0.3, -0.25) is 4.79 Å². The number of phenolic OH excluding ortho intramolecular Hbond substituents is 1. The maximum Gasteiger partial charge on any atom is 0.271 e. The summed E-state index contributed by atoms with van der Waals surface area (Å²) in [4.78, 5) is 11.7. The molecule has 0 bridgehead atoms. The van der Waals surface area contributed by atoms with E-state index in [1.165, 1.54) is 30.5 Å². The fourth-order valence-corrected chi connectivity index (χ4v) is 2.71. The highest BCUT2D eigenvalue weighted by Gasteiger charge is 2.05. The van der Waals surface area contributed by atoms with Crippen LogP contribution in [-0.4, -0.2) is 17.2 Å². The zero-order chi connectivity index (χ0) is 15.4. The van der Waals surface area contributed by atoms with Crippen LogP contribution in [0.15, 0.2) is 50.4 Å². The molecule has 0 aliphatic carbocycles. The van der Waals surface area contributed by atoms with E-state index in [-0.39, 0.29) is 5.75 Å². The Morgan fingerprint density at radius 3 is 2.33 bits per heavy atom. The topological polar surface area (TPSA) is 61.7 Å². The molecule has 0 aromatic heterocycles. The number of carbonyl (C=O) groups is 1. The quantitative estimate of drug-likeness (QED) is 0.591. The third-order valence-corrected chi connectivity index (χ3v) is 3.73. The highest BCUT2D eigenvalue weighted by atomic mass is 79.9. The number of hydrogen-bond donors (Lipinski definition) is 2. The summed E-state index contributed by atoms with van der Waals surface area (Å²) in [7, 11) is 0. The highest BCUT2D eigenvalue weighted by Crippen LogP contribution is 2.32. The highest BCUT2D eigenvalue weighted by molar-refractivity contribution is 9.11. The van der Waals surface area contributed by atoms with E-state index in [0.29, 0.717) is 20.1 Å². The van der Waals surface area contributed by atoms with Crippen molar-refractivity contribution in [3.05, 3.63) is 62.3 Å². The van der Waals surface area contributed by atoms with Gasteiger partial charge in [0.1, 0.15) is 11.6 Å². The van der Waals surface area contributed by atoms with Crippen molar-refractivity contribution in [1.29, 1.82) is 0 Å². The molecular formula is C14H9Br2FN2O2. The number of hydrogen-bond acceptors (Lipinski definition) is 3. The molecule has 1 amide bonds. The molecule has 4 nitrogen and oxygen atoms in total. The van der Waals surface area contributed by atoms with E-state index in [9.17, 15) is 14.3 Å². The first-order valence-electron chi connectivity index (χ1n) is 5.74. The second-order valence-electron chi connectivity index (χ2n) is 4.04. The molecule has 2 rings (SSSR count). The maximum absolute atomic E-state index is 12.7. The van der Waals surface area contributed by atoms with Gasteiger partial charge in [0.05, 0.1) is 15.2 Å². The van der Waals surface area contributed by atoms with Crippen LogP contribution in [0.5, 0.6) is 5.75 Å². The minimum absolute atomic E-state index is 0.0856. The molecule has 0 atom stereocenters. The van der Waals surface area contributed by atoms with Gasteiger partial charge in [0.25, 0.3) is 5.91 Å². The summed E-state index contributed by atoms with van der Waals surface area (Å²) in [5.74, 6) is -0.764. The Kier molecular flexibility index (Phi) is 5.08. The number of phenols is 1. The van der Waals surface area contributed by atoms with Crippen molar-refractivity contribution in [1.82, 2.24) is 5.43 Å². The van der Waals surface area contributed by atoms with E-state index >= 15 is 0 Å². The van der Waals surface area contributed by atoms with Crippen molar-refractivity contribution in [2.24, 2.45) is 5.10 Å². The van der Waals surface area contributed by atoms with Gasteiger partial charge in [0.2, 0.25) is 0 Å². The van der Waals surface area contributed by atoms with E-state index in [1.54, 1.807) is 12.1 Å². The normalized spacial score (nSPS) is 10.8. The Morgan fingerprint density at radius 1 is 1.19 bits per heavy atom. The van der Waals surface area contributed by atoms with Gasteiger partial charge in [-0.05, 0) is 73.8 Å². The molecule has 0 saturated heterocycles. The first-order valence-corrected chi connectivity index (χ1v) is 7.33. The van der Waals surface area contributed by atoms with Crippen molar-refractivity contribution in [3.63, 3.8) is 0 Å². The molecule has 0 aliphatic heterocycles. The van der Waals surface area contributed by atoms with Gasteiger partial charge in [-0.2, -0.15) is 5.10 Å². The second-order valence-corrected chi connectivity index (χ2v) is 5.75. The fourth-order valence-electron chi connectivity index (χ4n) is 1.49. The molecular weight excluding hydrogens is 407 g/mol. The number of benzene rings is 2. The molecule has 7 heteroatoms. The van der Waals surface area contributed by atoms with E-state index < -0.39 is 11.7 Å². The number of hydrazone groups is 1. The van der Waals surface area contributed by atoms with E-state index in [2.05, 4.69) is 42.4 Å². The number of halogens is 3. The van der Waals surface area contributed by atoms with Crippen LogP contribution in [0, 0.1) is 5.82 Å². The molecule has 0 spiro atoms. The standard InChI is InChI=1S/C14H9Br2FN2O2/c15-11-5-8(6-12(16)13(11)20)7-18-19-14(21)9-1-3-10(17)4-2-9/h1-7,20H,(H,19,21). The van der Waals surface area contributed by atoms with E-state index in [1.807, 2.05) is 0 Å². The Bertz CT molecular complexity index is 680. The van der Waals surface area contributed by atoms with Crippen LogP contribution in [0.4, 0.5) is 4.39 Å². The molecule has 0 saturated carbocycles. The van der Waals surface area contributed by atoms with Crippen LogP contribution < -0.4 is 5.43 Å². The third kappa shape index (κ3) is 4.12. The number of aromatic hydroxyl groups is 1. The van der Waals surface area contributed by atoms with Crippen LogP contribution in [0.2, 0.25) is 0 Å². The van der Waals surface area contributed by atoms with Crippen molar-refractivity contribution >= 4 is 44.0 Å².